The number of nitrogens with zero attached hydrogens (tertiary/aromatic N) is 1. The summed E-state index contributed by atoms with van der Waals surface area (Å²) in [5, 5.41) is 0. The summed E-state index contributed by atoms with van der Waals surface area (Å²) in [6.45, 7) is 4.27. The van der Waals surface area contributed by atoms with Crippen LogP contribution in [0.3, 0.4) is 0 Å². The van der Waals surface area contributed by atoms with Crippen molar-refractivity contribution >= 4 is 15.9 Å². The molecule has 0 unspecified atom stereocenters. The molecule has 0 radical (unpaired) electrons. The van der Waals surface area contributed by atoms with Gasteiger partial charge in [0.05, 0.1) is 17.3 Å². The van der Waals surface area contributed by atoms with Gasteiger partial charge in [0, 0.05) is 12.1 Å². The summed E-state index contributed by atoms with van der Waals surface area (Å²) in [6, 6.07) is 3.05. The summed E-state index contributed by atoms with van der Waals surface area (Å²) in [5.74, 6) is 1.04. The third kappa shape index (κ3) is 3.59. The van der Waals surface area contributed by atoms with Gasteiger partial charge in [0.15, 0.2) is 0 Å². The van der Waals surface area contributed by atoms with Crippen LogP contribution in [0.4, 0.5) is 0 Å². The Morgan fingerprint density at radius 2 is 2.11 bits per heavy atom. The van der Waals surface area contributed by atoms with Gasteiger partial charge in [-0.2, -0.15) is 0 Å². The first-order valence-electron chi connectivity index (χ1n) is 6.92. The van der Waals surface area contributed by atoms with E-state index in [2.05, 4.69) is 27.8 Å². The lowest BCUT2D eigenvalue weighted by molar-refractivity contribution is 0.132. The number of rotatable bonds is 5. The first-order valence-corrected chi connectivity index (χ1v) is 7.71. The van der Waals surface area contributed by atoms with Gasteiger partial charge >= 0.3 is 0 Å². The van der Waals surface area contributed by atoms with Gasteiger partial charge in [-0.1, -0.05) is 6.92 Å². The van der Waals surface area contributed by atoms with Crippen molar-refractivity contribution in [3.63, 3.8) is 0 Å². The van der Waals surface area contributed by atoms with Crippen LogP contribution >= 0.6 is 15.9 Å². The highest BCUT2D eigenvalue weighted by Crippen LogP contribution is 2.26. The summed E-state index contributed by atoms with van der Waals surface area (Å²) in [4.78, 5) is 2.55. The van der Waals surface area contributed by atoms with Crippen LogP contribution in [0, 0.1) is 0 Å². The van der Waals surface area contributed by atoms with Crippen LogP contribution in [-0.4, -0.2) is 23.5 Å². The summed E-state index contributed by atoms with van der Waals surface area (Å²) < 4.78 is 6.62. The Hall–Kier alpha value is -0.320. The van der Waals surface area contributed by atoms with Crippen molar-refractivity contribution < 1.29 is 4.42 Å². The molecule has 1 aliphatic rings. The van der Waals surface area contributed by atoms with Crippen LogP contribution < -0.4 is 5.73 Å². The molecule has 0 aromatic carbocycles. The predicted molar refractivity (Wildman–Crippen MR) is 77.3 cm³/mol. The molecule has 1 heterocycles. The number of hydrogen-bond donors (Lipinski definition) is 1. The second-order valence-corrected chi connectivity index (χ2v) is 6.09. The fraction of sp³-hybridized carbons (Fsp3) is 0.714. The molecule has 4 heteroatoms. The van der Waals surface area contributed by atoms with Crippen molar-refractivity contribution in [2.45, 2.75) is 57.7 Å². The van der Waals surface area contributed by atoms with Crippen molar-refractivity contribution in [1.82, 2.24) is 4.90 Å². The van der Waals surface area contributed by atoms with Gasteiger partial charge in [-0.05, 0) is 60.6 Å². The van der Waals surface area contributed by atoms with Crippen LogP contribution in [0.2, 0.25) is 0 Å². The molecule has 0 spiro atoms. The molecule has 0 bridgehead atoms. The molecule has 2 N–H and O–H groups in total. The molecule has 102 valence electrons. The number of nitrogens with two attached hydrogens (primary N) is 1. The highest BCUT2D eigenvalue weighted by Gasteiger charge is 2.24. The van der Waals surface area contributed by atoms with Crippen molar-refractivity contribution in [2.24, 2.45) is 5.73 Å². The first-order chi connectivity index (χ1) is 8.70. The average molecular weight is 315 g/mol. The summed E-state index contributed by atoms with van der Waals surface area (Å²) in [6.07, 6.45) is 7.69. The molecule has 0 atom stereocenters. The second-order valence-electron chi connectivity index (χ2n) is 5.23. The van der Waals surface area contributed by atoms with Crippen molar-refractivity contribution in [3.8, 4) is 0 Å². The largest absolute Gasteiger partial charge is 0.467 e. The fourth-order valence-corrected chi connectivity index (χ4v) is 3.09. The van der Waals surface area contributed by atoms with E-state index in [1.165, 1.54) is 19.3 Å². The standard InChI is InChI=1S/C14H23BrN2O/c1-2-8-17(10-14-13(15)7-9-18-14)12-5-3-11(16)4-6-12/h7,9,11-12H,2-6,8,10,16H2,1H3. The SMILES string of the molecule is CCCN(Cc1occc1Br)C1CCC(N)CC1. The van der Waals surface area contributed by atoms with Gasteiger partial charge in [-0.3, -0.25) is 4.90 Å². The lowest BCUT2D eigenvalue weighted by Gasteiger charge is -2.35. The smallest absolute Gasteiger partial charge is 0.131 e. The third-order valence-corrected chi connectivity index (χ3v) is 4.51. The van der Waals surface area contributed by atoms with E-state index in [4.69, 9.17) is 10.2 Å². The van der Waals surface area contributed by atoms with Gasteiger partial charge in [-0.25, -0.2) is 0 Å². The maximum absolute atomic E-state index is 5.99. The Morgan fingerprint density at radius 3 is 2.67 bits per heavy atom. The molecule has 3 nitrogen and oxygen atoms in total. The molecule has 1 aliphatic carbocycles. The Balaban J connectivity index is 1.97. The van der Waals surface area contributed by atoms with Crippen molar-refractivity contribution in [2.75, 3.05) is 6.54 Å². The minimum Gasteiger partial charge on any atom is -0.467 e. The average Bonchev–Trinajstić information content (AvgIpc) is 2.76. The zero-order valence-corrected chi connectivity index (χ0v) is 12.7. The Bertz CT molecular complexity index is 358. The fourth-order valence-electron chi connectivity index (χ4n) is 2.77. The molecule has 1 saturated carbocycles. The quantitative estimate of drug-likeness (QED) is 0.904. The topological polar surface area (TPSA) is 42.4 Å². The number of hydrogen-bond acceptors (Lipinski definition) is 3. The van der Waals surface area contributed by atoms with Gasteiger partial charge in [0.25, 0.3) is 0 Å². The second kappa shape index (κ2) is 6.73. The van der Waals surface area contributed by atoms with Gasteiger partial charge in [-0.15, -0.1) is 0 Å². The Morgan fingerprint density at radius 1 is 1.39 bits per heavy atom. The predicted octanol–water partition coefficient (Wildman–Crippen LogP) is 3.52. The molecule has 0 aliphatic heterocycles. The van der Waals surface area contributed by atoms with E-state index in [1.807, 2.05) is 6.07 Å². The minimum absolute atomic E-state index is 0.417. The Kier molecular flexibility index (Phi) is 5.27. The Labute approximate surface area is 118 Å². The molecule has 2 rings (SSSR count). The maximum atomic E-state index is 5.99. The monoisotopic (exact) mass is 314 g/mol. The molecule has 18 heavy (non-hydrogen) atoms. The van der Waals surface area contributed by atoms with Crippen molar-refractivity contribution in [1.29, 1.82) is 0 Å². The van der Waals surface area contributed by atoms with Gasteiger partial charge in [0.1, 0.15) is 5.76 Å². The lowest BCUT2D eigenvalue weighted by Crippen LogP contribution is -2.40. The minimum atomic E-state index is 0.417. The number of furan rings is 1. The molecule has 1 aromatic heterocycles. The summed E-state index contributed by atoms with van der Waals surface area (Å²) >= 11 is 3.54. The maximum Gasteiger partial charge on any atom is 0.131 e. The zero-order valence-electron chi connectivity index (χ0n) is 11.1. The van der Waals surface area contributed by atoms with Gasteiger partial charge in [0.2, 0.25) is 0 Å². The van der Waals surface area contributed by atoms with E-state index < -0.39 is 0 Å². The van der Waals surface area contributed by atoms with Crippen LogP contribution in [0.5, 0.6) is 0 Å². The molecular weight excluding hydrogens is 292 g/mol. The molecular formula is C14H23BrN2O. The first kappa shape index (κ1) is 14.1. The van der Waals surface area contributed by atoms with E-state index in [0.29, 0.717) is 12.1 Å². The van der Waals surface area contributed by atoms with E-state index >= 15 is 0 Å². The molecule has 0 amide bonds. The van der Waals surface area contributed by atoms with Crippen LogP contribution in [0.25, 0.3) is 0 Å². The van der Waals surface area contributed by atoms with Gasteiger partial charge < -0.3 is 10.2 Å². The van der Waals surface area contributed by atoms with E-state index in [1.54, 1.807) is 6.26 Å². The molecule has 0 saturated heterocycles. The van der Waals surface area contributed by atoms with Crippen LogP contribution in [-0.2, 0) is 6.54 Å². The highest BCUT2D eigenvalue weighted by molar-refractivity contribution is 9.10. The molecule has 1 aromatic rings. The zero-order chi connectivity index (χ0) is 13.0. The number of halogens is 1. The van der Waals surface area contributed by atoms with E-state index in [0.717, 1.165) is 36.2 Å². The third-order valence-electron chi connectivity index (χ3n) is 3.81. The lowest BCUT2D eigenvalue weighted by atomic mass is 9.90. The summed E-state index contributed by atoms with van der Waals surface area (Å²) in [5.41, 5.74) is 5.99. The molecule has 1 fully saturated rings. The van der Waals surface area contributed by atoms with E-state index in [9.17, 15) is 0 Å². The van der Waals surface area contributed by atoms with E-state index in [-0.39, 0.29) is 0 Å². The van der Waals surface area contributed by atoms with Crippen LogP contribution in [0.1, 0.15) is 44.8 Å². The normalized spacial score (nSPS) is 24.7. The van der Waals surface area contributed by atoms with Crippen LogP contribution in [0.15, 0.2) is 21.2 Å². The highest BCUT2D eigenvalue weighted by atomic mass is 79.9. The summed E-state index contributed by atoms with van der Waals surface area (Å²) in [7, 11) is 0. The van der Waals surface area contributed by atoms with Crippen molar-refractivity contribution in [3.05, 3.63) is 22.6 Å².